The molecule has 0 N–H and O–H groups in total. The summed E-state index contributed by atoms with van der Waals surface area (Å²) in [5.41, 5.74) is 2.10. The van der Waals surface area contributed by atoms with E-state index < -0.39 is 0 Å². The predicted molar refractivity (Wildman–Crippen MR) is 91.0 cm³/mol. The van der Waals surface area contributed by atoms with Gasteiger partial charge in [0, 0.05) is 5.56 Å². The first-order valence-electron chi connectivity index (χ1n) is 6.30. The lowest BCUT2D eigenvalue weighted by Gasteiger charge is -2.17. The summed E-state index contributed by atoms with van der Waals surface area (Å²) in [7, 11) is 4.96. The Morgan fingerprint density at radius 2 is 1.52 bits per heavy atom. The minimum Gasteiger partial charge on any atom is -0.497 e. The topological polar surface area (TPSA) is 27.7 Å². The summed E-state index contributed by atoms with van der Waals surface area (Å²) in [5.74, 6) is 2.41. The molecule has 0 amide bonds. The summed E-state index contributed by atoms with van der Waals surface area (Å²) >= 11 is 7.24. The highest BCUT2D eigenvalue weighted by Gasteiger charge is 2.17. The molecule has 112 valence electrons. The molecule has 0 bridgehead atoms. The van der Waals surface area contributed by atoms with Crippen molar-refractivity contribution in [2.45, 2.75) is 4.83 Å². The Balaban J connectivity index is 2.43. The molecule has 5 heteroatoms. The monoisotopic (exact) mass is 414 g/mol. The number of alkyl halides is 1. The predicted octanol–water partition coefficient (Wildman–Crippen LogP) is 4.96. The second-order valence-corrected chi connectivity index (χ2v) is 6.13. The first kappa shape index (κ1) is 16.2. The summed E-state index contributed by atoms with van der Waals surface area (Å²) in [5, 5.41) is 0. The summed E-state index contributed by atoms with van der Waals surface area (Å²) in [6.45, 7) is 0. The van der Waals surface area contributed by atoms with E-state index in [4.69, 9.17) is 14.2 Å². The standard InChI is InChI=1S/C16H16Br2O3/c1-19-11-5-7-14(20-2)12(9-11)16(18)10-4-6-15(21-3)13(17)8-10/h4-9,16H,1-3H3. The van der Waals surface area contributed by atoms with Gasteiger partial charge in [0.2, 0.25) is 0 Å². The van der Waals surface area contributed by atoms with Crippen LogP contribution in [-0.2, 0) is 0 Å². The minimum absolute atomic E-state index is 0.00949. The van der Waals surface area contributed by atoms with Gasteiger partial charge in [-0.2, -0.15) is 0 Å². The number of ether oxygens (including phenoxy) is 3. The molecular formula is C16H16Br2O3. The van der Waals surface area contributed by atoms with Crippen LogP contribution in [0, 0.1) is 0 Å². The average Bonchev–Trinajstić information content (AvgIpc) is 2.53. The lowest BCUT2D eigenvalue weighted by molar-refractivity contribution is 0.399. The molecular weight excluding hydrogens is 400 g/mol. The van der Waals surface area contributed by atoms with E-state index in [1.165, 1.54) is 0 Å². The van der Waals surface area contributed by atoms with Crippen LogP contribution in [0.15, 0.2) is 40.9 Å². The molecule has 0 aliphatic rings. The Kier molecular flexibility index (Phi) is 5.53. The minimum atomic E-state index is -0.00949. The van der Waals surface area contributed by atoms with Gasteiger partial charge in [0.1, 0.15) is 17.2 Å². The number of hydrogen-bond acceptors (Lipinski definition) is 3. The maximum atomic E-state index is 5.44. The van der Waals surface area contributed by atoms with Gasteiger partial charge in [-0.05, 0) is 51.8 Å². The van der Waals surface area contributed by atoms with E-state index in [-0.39, 0.29) is 4.83 Å². The lowest BCUT2D eigenvalue weighted by Crippen LogP contribution is -1.98. The lowest BCUT2D eigenvalue weighted by atomic mass is 10.0. The van der Waals surface area contributed by atoms with Crippen molar-refractivity contribution in [3.8, 4) is 17.2 Å². The van der Waals surface area contributed by atoms with Gasteiger partial charge in [-0.1, -0.05) is 22.0 Å². The van der Waals surface area contributed by atoms with Crippen LogP contribution in [0.4, 0.5) is 0 Å². The van der Waals surface area contributed by atoms with Gasteiger partial charge in [-0.3, -0.25) is 0 Å². The first-order valence-corrected chi connectivity index (χ1v) is 8.01. The number of rotatable bonds is 5. The van der Waals surface area contributed by atoms with Crippen molar-refractivity contribution >= 4 is 31.9 Å². The van der Waals surface area contributed by atoms with Crippen molar-refractivity contribution in [2.24, 2.45) is 0 Å². The molecule has 2 aromatic carbocycles. The third-order valence-electron chi connectivity index (χ3n) is 3.18. The molecule has 0 spiro atoms. The van der Waals surface area contributed by atoms with Crippen LogP contribution in [0.5, 0.6) is 17.2 Å². The molecule has 0 aliphatic heterocycles. The Bertz CT molecular complexity index is 629. The van der Waals surface area contributed by atoms with Crippen molar-refractivity contribution in [3.63, 3.8) is 0 Å². The fourth-order valence-electron chi connectivity index (χ4n) is 2.06. The fourth-order valence-corrected chi connectivity index (χ4v) is 3.26. The van der Waals surface area contributed by atoms with E-state index in [1.807, 2.05) is 36.4 Å². The van der Waals surface area contributed by atoms with Gasteiger partial charge in [0.25, 0.3) is 0 Å². The molecule has 0 saturated heterocycles. The van der Waals surface area contributed by atoms with Crippen molar-refractivity contribution in [1.29, 1.82) is 0 Å². The zero-order valence-corrected chi connectivity index (χ0v) is 15.2. The van der Waals surface area contributed by atoms with Gasteiger partial charge in [0.15, 0.2) is 0 Å². The molecule has 0 saturated carbocycles. The maximum absolute atomic E-state index is 5.44. The van der Waals surface area contributed by atoms with E-state index in [0.29, 0.717) is 0 Å². The molecule has 0 aliphatic carbocycles. The zero-order valence-electron chi connectivity index (χ0n) is 12.0. The zero-order chi connectivity index (χ0) is 15.4. The highest BCUT2D eigenvalue weighted by molar-refractivity contribution is 9.10. The van der Waals surface area contributed by atoms with Gasteiger partial charge in [-0.15, -0.1) is 0 Å². The maximum Gasteiger partial charge on any atom is 0.133 e. The number of hydrogen-bond donors (Lipinski definition) is 0. The van der Waals surface area contributed by atoms with Gasteiger partial charge in [-0.25, -0.2) is 0 Å². The summed E-state index contributed by atoms with van der Waals surface area (Å²) in [6, 6.07) is 11.7. The van der Waals surface area contributed by atoms with Gasteiger partial charge in [0.05, 0.1) is 30.6 Å². The molecule has 0 heterocycles. The van der Waals surface area contributed by atoms with E-state index >= 15 is 0 Å². The average molecular weight is 416 g/mol. The SMILES string of the molecule is COc1ccc(OC)c(C(Br)c2ccc(OC)c(Br)c2)c1. The van der Waals surface area contributed by atoms with Crippen LogP contribution in [0.3, 0.4) is 0 Å². The van der Waals surface area contributed by atoms with Crippen molar-refractivity contribution in [1.82, 2.24) is 0 Å². The van der Waals surface area contributed by atoms with E-state index in [0.717, 1.165) is 32.8 Å². The highest BCUT2D eigenvalue weighted by atomic mass is 79.9. The van der Waals surface area contributed by atoms with Crippen LogP contribution in [0.25, 0.3) is 0 Å². The normalized spacial score (nSPS) is 11.9. The second-order valence-electron chi connectivity index (χ2n) is 4.36. The van der Waals surface area contributed by atoms with E-state index in [2.05, 4.69) is 31.9 Å². The van der Waals surface area contributed by atoms with Crippen LogP contribution < -0.4 is 14.2 Å². The van der Waals surface area contributed by atoms with Crippen molar-refractivity contribution < 1.29 is 14.2 Å². The Morgan fingerprint density at radius 3 is 2.10 bits per heavy atom. The summed E-state index contributed by atoms with van der Waals surface area (Å²) in [4.78, 5) is -0.00949. The molecule has 0 radical (unpaired) electrons. The quantitative estimate of drug-likeness (QED) is 0.646. The second kappa shape index (κ2) is 7.18. The molecule has 1 unspecified atom stereocenters. The van der Waals surface area contributed by atoms with Crippen LogP contribution in [0.2, 0.25) is 0 Å². The van der Waals surface area contributed by atoms with E-state index in [1.54, 1.807) is 21.3 Å². The Morgan fingerprint density at radius 1 is 0.857 bits per heavy atom. The molecule has 21 heavy (non-hydrogen) atoms. The molecule has 2 rings (SSSR count). The highest BCUT2D eigenvalue weighted by Crippen LogP contribution is 2.40. The van der Waals surface area contributed by atoms with Gasteiger partial charge < -0.3 is 14.2 Å². The third kappa shape index (κ3) is 3.52. The smallest absolute Gasteiger partial charge is 0.133 e. The molecule has 3 nitrogen and oxygen atoms in total. The van der Waals surface area contributed by atoms with Crippen LogP contribution in [0.1, 0.15) is 16.0 Å². The first-order chi connectivity index (χ1) is 10.1. The van der Waals surface area contributed by atoms with Crippen molar-refractivity contribution in [3.05, 3.63) is 52.0 Å². The summed E-state index contributed by atoms with van der Waals surface area (Å²) < 4.78 is 16.9. The Hall–Kier alpha value is -1.20. The third-order valence-corrected chi connectivity index (χ3v) is 4.82. The molecule has 2 aromatic rings. The van der Waals surface area contributed by atoms with Crippen molar-refractivity contribution in [2.75, 3.05) is 21.3 Å². The largest absolute Gasteiger partial charge is 0.497 e. The number of benzene rings is 2. The fraction of sp³-hybridized carbons (Fsp3) is 0.250. The number of halogens is 2. The van der Waals surface area contributed by atoms with Crippen LogP contribution in [-0.4, -0.2) is 21.3 Å². The molecule has 1 atom stereocenters. The van der Waals surface area contributed by atoms with Gasteiger partial charge >= 0.3 is 0 Å². The Labute approximate surface area is 141 Å². The molecule has 0 aromatic heterocycles. The summed E-state index contributed by atoms with van der Waals surface area (Å²) in [6.07, 6.45) is 0. The van der Waals surface area contributed by atoms with E-state index in [9.17, 15) is 0 Å². The molecule has 0 fully saturated rings. The number of methoxy groups -OCH3 is 3. The van der Waals surface area contributed by atoms with Crippen LogP contribution >= 0.6 is 31.9 Å².